The van der Waals surface area contributed by atoms with Crippen LogP contribution < -0.4 is 5.32 Å². The smallest absolute Gasteiger partial charge is 0.320 e. The summed E-state index contributed by atoms with van der Waals surface area (Å²) < 4.78 is 1.95. The van der Waals surface area contributed by atoms with E-state index in [9.17, 15) is 9.90 Å². The molecule has 0 aliphatic rings. The molecule has 0 aromatic carbocycles. The van der Waals surface area contributed by atoms with Crippen molar-refractivity contribution in [3.8, 4) is 0 Å². The predicted molar refractivity (Wildman–Crippen MR) is 75.2 cm³/mol. The Bertz CT molecular complexity index is 452. The van der Waals surface area contributed by atoms with Gasteiger partial charge in [0.2, 0.25) is 0 Å². The minimum absolute atomic E-state index is 0.0243. The Labute approximate surface area is 115 Å². The van der Waals surface area contributed by atoms with Crippen molar-refractivity contribution in [1.82, 2.24) is 15.1 Å². The molecule has 1 aromatic rings. The van der Waals surface area contributed by atoms with E-state index in [0.717, 1.165) is 23.5 Å². The lowest BCUT2D eigenvalue weighted by Crippen LogP contribution is -2.42. The summed E-state index contributed by atoms with van der Waals surface area (Å²) in [5.41, 5.74) is 3.17. The summed E-state index contributed by atoms with van der Waals surface area (Å²) in [6.45, 7) is 12.7. The Kier molecular flexibility index (Phi) is 5.11. The van der Waals surface area contributed by atoms with E-state index in [4.69, 9.17) is 0 Å². The summed E-state index contributed by atoms with van der Waals surface area (Å²) in [6.07, 6.45) is 0. The van der Waals surface area contributed by atoms with Gasteiger partial charge in [-0.15, -0.1) is 0 Å². The van der Waals surface area contributed by atoms with Crippen LogP contribution in [0.1, 0.15) is 50.7 Å². The lowest BCUT2D eigenvalue weighted by molar-refractivity contribution is -0.140. The van der Waals surface area contributed by atoms with E-state index < -0.39 is 12.0 Å². The number of carboxylic acid groups (broad SMARTS) is 1. The Morgan fingerprint density at radius 2 is 1.95 bits per heavy atom. The Morgan fingerprint density at radius 3 is 2.32 bits per heavy atom. The molecule has 0 saturated carbocycles. The van der Waals surface area contributed by atoms with Crippen molar-refractivity contribution in [2.45, 2.75) is 60.2 Å². The van der Waals surface area contributed by atoms with Crippen LogP contribution in [0.2, 0.25) is 0 Å². The maximum Gasteiger partial charge on any atom is 0.320 e. The SMILES string of the molecule is CCn1nc(C)c(C(C)NC(C(=O)O)C(C)C)c1C. The van der Waals surface area contributed by atoms with Crippen LogP contribution in [0.4, 0.5) is 0 Å². The lowest BCUT2D eigenvalue weighted by Gasteiger charge is -2.23. The molecule has 0 spiro atoms. The van der Waals surface area contributed by atoms with E-state index in [-0.39, 0.29) is 12.0 Å². The zero-order valence-corrected chi connectivity index (χ0v) is 12.7. The molecule has 0 aliphatic heterocycles. The fourth-order valence-electron chi connectivity index (χ4n) is 2.55. The van der Waals surface area contributed by atoms with Crippen LogP contribution in [0.5, 0.6) is 0 Å². The molecule has 0 bridgehead atoms. The molecule has 108 valence electrons. The fourth-order valence-corrected chi connectivity index (χ4v) is 2.55. The second kappa shape index (κ2) is 6.19. The zero-order chi connectivity index (χ0) is 14.7. The van der Waals surface area contributed by atoms with Crippen molar-refractivity contribution in [1.29, 1.82) is 0 Å². The first-order valence-electron chi connectivity index (χ1n) is 6.82. The molecule has 0 aliphatic carbocycles. The van der Waals surface area contributed by atoms with E-state index in [1.807, 2.05) is 39.3 Å². The first kappa shape index (κ1) is 15.7. The van der Waals surface area contributed by atoms with Crippen LogP contribution in [-0.4, -0.2) is 26.9 Å². The van der Waals surface area contributed by atoms with Gasteiger partial charge in [0.1, 0.15) is 6.04 Å². The Balaban J connectivity index is 2.97. The number of nitrogens with zero attached hydrogens (tertiary/aromatic N) is 2. The van der Waals surface area contributed by atoms with Gasteiger partial charge >= 0.3 is 5.97 Å². The van der Waals surface area contributed by atoms with Gasteiger partial charge in [0.05, 0.1) is 5.69 Å². The number of aromatic nitrogens is 2. The average Bonchev–Trinajstić information content (AvgIpc) is 2.60. The molecule has 1 rings (SSSR count). The number of carboxylic acids is 1. The van der Waals surface area contributed by atoms with Gasteiger partial charge in [-0.2, -0.15) is 5.10 Å². The van der Waals surface area contributed by atoms with Gasteiger partial charge in [-0.3, -0.25) is 14.8 Å². The Morgan fingerprint density at radius 1 is 1.37 bits per heavy atom. The summed E-state index contributed by atoms with van der Waals surface area (Å²) in [5, 5.41) is 16.9. The van der Waals surface area contributed by atoms with Crippen molar-refractivity contribution in [3.05, 3.63) is 17.0 Å². The number of aliphatic carboxylic acids is 1. The molecule has 2 atom stereocenters. The molecule has 5 nitrogen and oxygen atoms in total. The average molecular weight is 267 g/mol. The molecule has 5 heteroatoms. The van der Waals surface area contributed by atoms with Gasteiger partial charge in [-0.05, 0) is 33.6 Å². The highest BCUT2D eigenvalue weighted by Crippen LogP contribution is 2.22. The zero-order valence-electron chi connectivity index (χ0n) is 12.7. The van der Waals surface area contributed by atoms with Gasteiger partial charge in [0.15, 0.2) is 0 Å². The van der Waals surface area contributed by atoms with Gasteiger partial charge < -0.3 is 5.11 Å². The van der Waals surface area contributed by atoms with E-state index in [1.54, 1.807) is 0 Å². The molecule has 0 radical (unpaired) electrons. The second-order valence-corrected chi connectivity index (χ2v) is 5.35. The third kappa shape index (κ3) is 3.35. The topological polar surface area (TPSA) is 67.2 Å². The van der Waals surface area contributed by atoms with Gasteiger partial charge in [0.25, 0.3) is 0 Å². The quantitative estimate of drug-likeness (QED) is 0.829. The number of carbonyl (C=O) groups is 1. The largest absolute Gasteiger partial charge is 0.480 e. The van der Waals surface area contributed by atoms with Gasteiger partial charge in [0, 0.05) is 23.8 Å². The number of rotatable bonds is 6. The minimum Gasteiger partial charge on any atom is -0.480 e. The second-order valence-electron chi connectivity index (χ2n) is 5.35. The highest BCUT2D eigenvalue weighted by atomic mass is 16.4. The molecule has 19 heavy (non-hydrogen) atoms. The van der Waals surface area contributed by atoms with E-state index in [1.165, 1.54) is 0 Å². The van der Waals surface area contributed by atoms with Gasteiger partial charge in [-0.25, -0.2) is 0 Å². The summed E-state index contributed by atoms with van der Waals surface area (Å²) >= 11 is 0. The molecule has 0 amide bonds. The highest BCUT2D eigenvalue weighted by molar-refractivity contribution is 5.73. The van der Waals surface area contributed by atoms with Crippen molar-refractivity contribution in [2.24, 2.45) is 5.92 Å². The van der Waals surface area contributed by atoms with Crippen LogP contribution in [0.3, 0.4) is 0 Å². The number of nitrogens with one attached hydrogen (secondary N) is 1. The standard InChI is InChI=1S/C14H25N3O2/c1-7-17-11(6)12(10(5)16-17)9(4)15-13(8(2)3)14(18)19/h8-9,13,15H,7H2,1-6H3,(H,18,19). The van der Waals surface area contributed by atoms with Crippen LogP contribution in [0.15, 0.2) is 0 Å². The molecular formula is C14H25N3O2. The van der Waals surface area contributed by atoms with E-state index in [2.05, 4.69) is 17.3 Å². The van der Waals surface area contributed by atoms with Crippen LogP contribution in [-0.2, 0) is 11.3 Å². The molecular weight excluding hydrogens is 242 g/mol. The normalized spacial score (nSPS) is 14.7. The first-order chi connectivity index (χ1) is 8.79. The molecule has 0 fully saturated rings. The van der Waals surface area contributed by atoms with Crippen LogP contribution >= 0.6 is 0 Å². The maximum atomic E-state index is 11.3. The molecule has 1 aromatic heterocycles. The number of hydrogen-bond acceptors (Lipinski definition) is 3. The van der Waals surface area contributed by atoms with E-state index in [0.29, 0.717) is 0 Å². The summed E-state index contributed by atoms with van der Waals surface area (Å²) in [7, 11) is 0. The summed E-state index contributed by atoms with van der Waals surface area (Å²) in [4.78, 5) is 11.3. The van der Waals surface area contributed by atoms with Crippen molar-refractivity contribution >= 4 is 5.97 Å². The van der Waals surface area contributed by atoms with Crippen molar-refractivity contribution in [3.63, 3.8) is 0 Å². The minimum atomic E-state index is -0.806. The number of aryl methyl sites for hydroxylation is 2. The highest BCUT2D eigenvalue weighted by Gasteiger charge is 2.26. The summed E-state index contributed by atoms with van der Waals surface area (Å²) in [6, 6.07) is -0.567. The maximum absolute atomic E-state index is 11.3. The lowest BCUT2D eigenvalue weighted by atomic mass is 10.0. The molecule has 2 N–H and O–H groups in total. The third-order valence-corrected chi connectivity index (χ3v) is 3.53. The number of hydrogen-bond donors (Lipinski definition) is 2. The third-order valence-electron chi connectivity index (χ3n) is 3.53. The molecule has 1 heterocycles. The monoisotopic (exact) mass is 267 g/mol. The summed E-state index contributed by atoms with van der Waals surface area (Å²) in [5.74, 6) is -0.762. The van der Waals surface area contributed by atoms with Gasteiger partial charge in [-0.1, -0.05) is 13.8 Å². The molecule has 2 unspecified atom stereocenters. The van der Waals surface area contributed by atoms with Crippen molar-refractivity contribution < 1.29 is 9.90 Å². The predicted octanol–water partition coefficient (Wildman–Crippen LogP) is 2.28. The van der Waals surface area contributed by atoms with Crippen LogP contribution in [0, 0.1) is 19.8 Å². The first-order valence-corrected chi connectivity index (χ1v) is 6.82. The van der Waals surface area contributed by atoms with E-state index >= 15 is 0 Å². The van der Waals surface area contributed by atoms with Crippen molar-refractivity contribution in [2.75, 3.05) is 0 Å². The Hall–Kier alpha value is -1.36. The molecule has 0 saturated heterocycles. The fraction of sp³-hybridized carbons (Fsp3) is 0.714. The van der Waals surface area contributed by atoms with Crippen LogP contribution in [0.25, 0.3) is 0 Å².